The van der Waals surface area contributed by atoms with Gasteiger partial charge in [-0.15, -0.1) is 0 Å². The number of carbonyl (C=O) groups excluding carboxylic acids is 1. The van der Waals surface area contributed by atoms with Crippen molar-refractivity contribution in [1.82, 2.24) is 5.32 Å². The first kappa shape index (κ1) is 37.9. The summed E-state index contributed by atoms with van der Waals surface area (Å²) in [4.78, 5) is 12.2. The summed E-state index contributed by atoms with van der Waals surface area (Å²) in [5.41, 5.74) is 0. The van der Waals surface area contributed by atoms with Crippen molar-refractivity contribution in [1.29, 1.82) is 0 Å². The molecule has 0 fully saturated rings. The van der Waals surface area contributed by atoms with Crippen LogP contribution in [-0.4, -0.2) is 34.9 Å². The molecule has 0 radical (unpaired) electrons. The first-order valence-corrected chi connectivity index (χ1v) is 17.1. The lowest BCUT2D eigenvalue weighted by Crippen LogP contribution is -2.45. The zero-order chi connectivity index (χ0) is 28.7. The fourth-order valence-electron chi connectivity index (χ4n) is 5.00. The fourth-order valence-corrected chi connectivity index (χ4v) is 5.00. The average Bonchev–Trinajstić information content (AvgIpc) is 2.94. The van der Waals surface area contributed by atoms with Crippen molar-refractivity contribution < 1.29 is 15.0 Å². The van der Waals surface area contributed by atoms with E-state index in [-0.39, 0.29) is 12.5 Å². The molecule has 0 bridgehead atoms. The van der Waals surface area contributed by atoms with E-state index in [0.29, 0.717) is 6.42 Å². The molecule has 0 aliphatic heterocycles. The van der Waals surface area contributed by atoms with Crippen LogP contribution in [-0.2, 0) is 4.79 Å². The van der Waals surface area contributed by atoms with Gasteiger partial charge in [0.25, 0.3) is 0 Å². The van der Waals surface area contributed by atoms with Crippen LogP contribution in [0.5, 0.6) is 0 Å². The predicted molar refractivity (Wildman–Crippen MR) is 170 cm³/mol. The number of carbonyl (C=O) groups is 1. The Balaban J connectivity index is 3.62. The van der Waals surface area contributed by atoms with Crippen LogP contribution < -0.4 is 5.32 Å². The maximum absolute atomic E-state index is 12.2. The summed E-state index contributed by atoms with van der Waals surface area (Å²) in [7, 11) is 0. The lowest BCUT2D eigenvalue weighted by atomic mass is 10.0. The third kappa shape index (κ3) is 28.2. The first-order chi connectivity index (χ1) is 19.2. The van der Waals surface area contributed by atoms with E-state index in [1.54, 1.807) is 6.08 Å². The topological polar surface area (TPSA) is 69.6 Å². The highest BCUT2D eigenvalue weighted by molar-refractivity contribution is 5.76. The van der Waals surface area contributed by atoms with Crippen LogP contribution in [0.3, 0.4) is 0 Å². The minimum atomic E-state index is -0.837. The van der Waals surface area contributed by atoms with Crippen molar-refractivity contribution >= 4 is 5.91 Å². The smallest absolute Gasteiger partial charge is 0.220 e. The molecule has 4 heteroatoms. The van der Waals surface area contributed by atoms with Crippen LogP contribution in [0.1, 0.15) is 174 Å². The van der Waals surface area contributed by atoms with Crippen LogP contribution in [0.15, 0.2) is 24.3 Å². The van der Waals surface area contributed by atoms with Gasteiger partial charge < -0.3 is 15.5 Å². The molecule has 3 N–H and O–H groups in total. The number of unbranched alkanes of at least 4 members (excludes halogenated alkanes) is 21. The number of hydrogen-bond donors (Lipinski definition) is 3. The molecule has 2 unspecified atom stereocenters. The van der Waals surface area contributed by atoms with E-state index in [0.717, 1.165) is 38.5 Å². The zero-order valence-electron chi connectivity index (χ0n) is 26.2. The van der Waals surface area contributed by atoms with Crippen molar-refractivity contribution in [2.75, 3.05) is 6.61 Å². The number of hydrogen-bond acceptors (Lipinski definition) is 3. The van der Waals surface area contributed by atoms with Gasteiger partial charge in [0, 0.05) is 6.42 Å². The molecule has 0 saturated carbocycles. The van der Waals surface area contributed by atoms with Crippen molar-refractivity contribution in [3.63, 3.8) is 0 Å². The Labute approximate surface area is 243 Å². The van der Waals surface area contributed by atoms with Crippen LogP contribution in [0.4, 0.5) is 0 Å². The molecule has 0 aliphatic rings. The summed E-state index contributed by atoms with van der Waals surface area (Å²) in [6, 6.07) is -0.621. The molecule has 0 aliphatic carbocycles. The van der Waals surface area contributed by atoms with E-state index in [1.807, 2.05) is 6.08 Å². The molecule has 39 heavy (non-hydrogen) atoms. The van der Waals surface area contributed by atoms with Crippen molar-refractivity contribution in [2.45, 2.75) is 187 Å². The molecule has 0 aromatic carbocycles. The predicted octanol–water partition coefficient (Wildman–Crippen LogP) is 9.73. The van der Waals surface area contributed by atoms with Gasteiger partial charge >= 0.3 is 0 Å². The first-order valence-electron chi connectivity index (χ1n) is 17.1. The minimum Gasteiger partial charge on any atom is -0.394 e. The second-order valence-electron chi connectivity index (χ2n) is 11.6. The van der Waals surface area contributed by atoms with Crippen LogP contribution in [0, 0.1) is 0 Å². The molecule has 0 rings (SSSR count). The Morgan fingerprint density at radius 2 is 1.03 bits per heavy atom. The van der Waals surface area contributed by atoms with E-state index in [2.05, 4.69) is 31.3 Å². The Morgan fingerprint density at radius 1 is 0.590 bits per heavy atom. The molecule has 0 saturated heterocycles. The largest absolute Gasteiger partial charge is 0.394 e. The Hall–Kier alpha value is -1.13. The third-order valence-electron chi connectivity index (χ3n) is 7.66. The molecule has 0 aromatic rings. The maximum atomic E-state index is 12.2. The normalized spacial score (nSPS) is 13.4. The van der Waals surface area contributed by atoms with Gasteiger partial charge in [-0.1, -0.05) is 154 Å². The molecule has 0 aromatic heterocycles. The number of aliphatic hydroxyl groups is 2. The third-order valence-corrected chi connectivity index (χ3v) is 7.66. The zero-order valence-corrected chi connectivity index (χ0v) is 26.2. The Kier molecular flexibility index (Phi) is 30.5. The molecular formula is C35H67NO3. The highest BCUT2D eigenvalue weighted by Gasteiger charge is 2.17. The second kappa shape index (κ2) is 31.4. The van der Waals surface area contributed by atoms with Gasteiger partial charge in [-0.05, 0) is 38.5 Å². The summed E-state index contributed by atoms with van der Waals surface area (Å²) in [5.74, 6) is -0.0774. The van der Waals surface area contributed by atoms with E-state index < -0.39 is 12.1 Å². The molecular weight excluding hydrogens is 482 g/mol. The van der Waals surface area contributed by atoms with Gasteiger partial charge in [0.05, 0.1) is 18.8 Å². The van der Waals surface area contributed by atoms with E-state index >= 15 is 0 Å². The summed E-state index contributed by atoms with van der Waals surface area (Å²) in [6.07, 6.45) is 38.3. The number of amides is 1. The summed E-state index contributed by atoms with van der Waals surface area (Å²) < 4.78 is 0. The molecule has 4 nitrogen and oxygen atoms in total. The second-order valence-corrected chi connectivity index (χ2v) is 11.6. The number of nitrogens with one attached hydrogen (secondary N) is 1. The van der Waals surface area contributed by atoms with Crippen molar-refractivity contribution in [3.8, 4) is 0 Å². The standard InChI is InChI=1S/C35H67NO3/c1-3-5-7-9-11-13-15-16-17-18-19-20-21-22-24-26-28-30-34(38)33(32-37)36-35(39)31-29-27-25-23-14-12-10-8-6-4-2/h8,10,28,30,33-34,37-38H,3-7,9,11-27,29,31-32H2,1-2H3,(H,36,39)/b10-8-,30-28+. The lowest BCUT2D eigenvalue weighted by Gasteiger charge is -2.20. The van der Waals surface area contributed by atoms with Gasteiger partial charge in [0.15, 0.2) is 0 Å². The van der Waals surface area contributed by atoms with Gasteiger partial charge in [-0.3, -0.25) is 4.79 Å². The molecule has 0 spiro atoms. The lowest BCUT2D eigenvalue weighted by molar-refractivity contribution is -0.123. The Morgan fingerprint density at radius 3 is 1.51 bits per heavy atom. The van der Waals surface area contributed by atoms with E-state index in [1.165, 1.54) is 116 Å². The van der Waals surface area contributed by atoms with E-state index in [9.17, 15) is 15.0 Å². The highest BCUT2D eigenvalue weighted by atomic mass is 16.3. The molecule has 230 valence electrons. The monoisotopic (exact) mass is 550 g/mol. The van der Waals surface area contributed by atoms with Crippen molar-refractivity contribution in [3.05, 3.63) is 24.3 Å². The number of rotatable bonds is 30. The van der Waals surface area contributed by atoms with Gasteiger partial charge in [0.1, 0.15) is 0 Å². The van der Waals surface area contributed by atoms with Gasteiger partial charge in [-0.2, -0.15) is 0 Å². The fraction of sp³-hybridized carbons (Fsp3) is 0.857. The van der Waals surface area contributed by atoms with Gasteiger partial charge in [0.2, 0.25) is 5.91 Å². The minimum absolute atomic E-state index is 0.0774. The van der Waals surface area contributed by atoms with Crippen LogP contribution in [0.25, 0.3) is 0 Å². The van der Waals surface area contributed by atoms with Crippen LogP contribution in [0.2, 0.25) is 0 Å². The molecule has 2 atom stereocenters. The summed E-state index contributed by atoms with van der Waals surface area (Å²) in [6.45, 7) is 4.23. The Bertz CT molecular complexity index is 560. The average molecular weight is 550 g/mol. The van der Waals surface area contributed by atoms with Crippen LogP contribution >= 0.6 is 0 Å². The highest BCUT2D eigenvalue weighted by Crippen LogP contribution is 2.14. The van der Waals surface area contributed by atoms with Gasteiger partial charge in [-0.25, -0.2) is 0 Å². The molecule has 1 amide bonds. The number of aliphatic hydroxyl groups excluding tert-OH is 2. The van der Waals surface area contributed by atoms with Crippen molar-refractivity contribution in [2.24, 2.45) is 0 Å². The summed E-state index contributed by atoms with van der Waals surface area (Å²) in [5, 5.41) is 22.8. The quantitative estimate of drug-likeness (QED) is 0.0617. The summed E-state index contributed by atoms with van der Waals surface area (Å²) >= 11 is 0. The SMILES string of the molecule is CCC/C=C\CCCCCCCC(=O)NC(CO)C(O)/C=C/CCCCCCCCCCCCCCCCC. The molecule has 0 heterocycles. The van der Waals surface area contributed by atoms with E-state index in [4.69, 9.17) is 0 Å². The number of allylic oxidation sites excluding steroid dienone is 3. The maximum Gasteiger partial charge on any atom is 0.220 e.